The molecule has 0 aliphatic heterocycles. The molecule has 0 radical (unpaired) electrons. The zero-order valence-corrected chi connectivity index (χ0v) is 13.8. The number of hydrogen-bond acceptors (Lipinski definition) is 4. The molecule has 1 amide bonds. The second kappa shape index (κ2) is 8.22. The van der Waals surface area contributed by atoms with Gasteiger partial charge in [0.1, 0.15) is 17.4 Å². The number of anilines is 1. The Hall–Kier alpha value is -2.72. The van der Waals surface area contributed by atoms with Crippen LogP contribution in [0.15, 0.2) is 47.4 Å². The molecule has 124 valence electrons. The molecule has 5 nitrogen and oxygen atoms in total. The van der Waals surface area contributed by atoms with E-state index in [2.05, 4.69) is 10.6 Å². The fraction of sp³-hybridized carbons (Fsp3) is 0.176. The van der Waals surface area contributed by atoms with Gasteiger partial charge in [0.15, 0.2) is 0 Å². The highest BCUT2D eigenvalue weighted by Gasteiger charge is 2.08. The Kier molecular flexibility index (Phi) is 6.04. The van der Waals surface area contributed by atoms with Gasteiger partial charge in [-0.25, -0.2) is 4.39 Å². The molecule has 24 heavy (non-hydrogen) atoms. The highest BCUT2D eigenvalue weighted by Crippen LogP contribution is 2.17. The van der Waals surface area contributed by atoms with Gasteiger partial charge in [0.25, 0.3) is 5.91 Å². The molecule has 2 N–H and O–H groups in total. The molecule has 7 heteroatoms. The Morgan fingerprint density at radius 3 is 2.54 bits per heavy atom. The van der Waals surface area contributed by atoms with Crippen LogP contribution >= 0.6 is 0 Å². The van der Waals surface area contributed by atoms with E-state index in [1.807, 2.05) is 0 Å². The standard InChI is InChI=1S/C17H16FN3O2S/c1-24(23)13-7-5-12(6-8-13)17(22)21-10-9-20-16-4-2-3-15(18)14(16)11-19/h2-8,20H,9-10H2,1H3,(H,21,22). The van der Waals surface area contributed by atoms with Crippen LogP contribution in [0.3, 0.4) is 0 Å². The summed E-state index contributed by atoms with van der Waals surface area (Å²) in [7, 11) is -1.08. The number of nitrogens with one attached hydrogen (secondary N) is 2. The van der Waals surface area contributed by atoms with Crippen LogP contribution in [0.25, 0.3) is 0 Å². The SMILES string of the molecule is CS(=O)c1ccc(C(=O)NCCNc2cccc(F)c2C#N)cc1. The summed E-state index contributed by atoms with van der Waals surface area (Å²) >= 11 is 0. The topological polar surface area (TPSA) is 82.0 Å². The third kappa shape index (κ3) is 4.40. The van der Waals surface area contributed by atoms with Gasteiger partial charge in [-0.2, -0.15) is 5.26 Å². The number of amides is 1. The Labute approximate surface area is 142 Å². The number of carbonyl (C=O) groups excluding carboxylic acids is 1. The largest absolute Gasteiger partial charge is 0.382 e. The van der Waals surface area contributed by atoms with Gasteiger partial charge in [-0.1, -0.05) is 6.07 Å². The molecule has 2 aromatic rings. The van der Waals surface area contributed by atoms with Gasteiger partial charge in [0.2, 0.25) is 0 Å². The first-order valence-corrected chi connectivity index (χ1v) is 8.73. The van der Waals surface area contributed by atoms with Crippen LogP contribution in [-0.4, -0.2) is 29.5 Å². The molecule has 0 saturated heterocycles. The van der Waals surface area contributed by atoms with Crippen LogP contribution < -0.4 is 10.6 Å². The molecule has 0 aromatic heterocycles. The van der Waals surface area contributed by atoms with Gasteiger partial charge in [0.05, 0.1) is 5.69 Å². The van der Waals surface area contributed by atoms with Crippen LogP contribution in [-0.2, 0) is 10.8 Å². The summed E-state index contributed by atoms with van der Waals surface area (Å²) in [6.07, 6.45) is 1.57. The van der Waals surface area contributed by atoms with E-state index in [0.717, 1.165) is 0 Å². The highest BCUT2D eigenvalue weighted by molar-refractivity contribution is 7.84. The number of benzene rings is 2. The van der Waals surface area contributed by atoms with Crippen LogP contribution in [0.1, 0.15) is 15.9 Å². The Bertz CT molecular complexity index is 800. The van der Waals surface area contributed by atoms with Crippen molar-refractivity contribution in [2.24, 2.45) is 0 Å². The van der Waals surface area contributed by atoms with E-state index in [0.29, 0.717) is 29.2 Å². The van der Waals surface area contributed by atoms with Crippen LogP contribution in [0.4, 0.5) is 10.1 Å². The lowest BCUT2D eigenvalue weighted by Gasteiger charge is -2.10. The van der Waals surface area contributed by atoms with Gasteiger partial charge in [-0.05, 0) is 36.4 Å². The average Bonchev–Trinajstić information content (AvgIpc) is 2.58. The number of nitrogens with zero attached hydrogens (tertiary/aromatic N) is 1. The molecule has 2 rings (SSSR count). The molecular formula is C17H16FN3O2S. The zero-order chi connectivity index (χ0) is 17.5. The van der Waals surface area contributed by atoms with Crippen molar-refractivity contribution in [1.82, 2.24) is 5.32 Å². The molecule has 0 spiro atoms. The van der Waals surface area contributed by atoms with Gasteiger partial charge >= 0.3 is 0 Å². The zero-order valence-electron chi connectivity index (χ0n) is 13.0. The molecule has 0 fully saturated rings. The smallest absolute Gasteiger partial charge is 0.251 e. The predicted molar refractivity (Wildman–Crippen MR) is 90.7 cm³/mol. The first-order chi connectivity index (χ1) is 11.5. The molecule has 0 aliphatic rings. The summed E-state index contributed by atoms with van der Waals surface area (Å²) in [4.78, 5) is 12.6. The first-order valence-electron chi connectivity index (χ1n) is 7.17. The quantitative estimate of drug-likeness (QED) is 0.787. The molecule has 0 saturated carbocycles. The maximum atomic E-state index is 13.4. The lowest BCUT2D eigenvalue weighted by atomic mass is 10.2. The van der Waals surface area contributed by atoms with Crippen molar-refractivity contribution in [2.45, 2.75) is 4.90 Å². The molecule has 2 aromatic carbocycles. The van der Waals surface area contributed by atoms with Gasteiger partial charge in [0, 0.05) is 40.6 Å². The summed E-state index contributed by atoms with van der Waals surface area (Å²) < 4.78 is 24.7. The van der Waals surface area contributed by atoms with Gasteiger partial charge < -0.3 is 10.6 Å². The molecule has 1 unspecified atom stereocenters. The van der Waals surface area contributed by atoms with E-state index in [1.165, 1.54) is 12.1 Å². The first kappa shape index (κ1) is 17.6. The molecule has 0 aliphatic carbocycles. The van der Waals surface area contributed by atoms with Crippen molar-refractivity contribution in [3.8, 4) is 6.07 Å². The van der Waals surface area contributed by atoms with Crippen LogP contribution in [0.2, 0.25) is 0 Å². The van der Waals surface area contributed by atoms with Crippen molar-refractivity contribution >= 4 is 22.4 Å². The van der Waals surface area contributed by atoms with Crippen molar-refractivity contribution < 1.29 is 13.4 Å². The minimum absolute atomic E-state index is 0.0491. The second-order valence-electron chi connectivity index (χ2n) is 4.94. The van der Waals surface area contributed by atoms with E-state index in [4.69, 9.17) is 5.26 Å². The summed E-state index contributed by atoms with van der Waals surface area (Å²) in [6, 6.07) is 12.7. The maximum absolute atomic E-state index is 13.4. The van der Waals surface area contributed by atoms with Crippen molar-refractivity contribution in [2.75, 3.05) is 24.7 Å². The lowest BCUT2D eigenvalue weighted by Crippen LogP contribution is -2.28. The van der Waals surface area contributed by atoms with E-state index < -0.39 is 16.6 Å². The van der Waals surface area contributed by atoms with Crippen LogP contribution in [0, 0.1) is 17.1 Å². The average molecular weight is 345 g/mol. The Morgan fingerprint density at radius 2 is 1.92 bits per heavy atom. The summed E-state index contributed by atoms with van der Waals surface area (Å²) in [5.74, 6) is -0.843. The van der Waals surface area contributed by atoms with Gasteiger partial charge in [-0.3, -0.25) is 9.00 Å². The minimum atomic E-state index is -1.08. The molecular weight excluding hydrogens is 329 g/mol. The summed E-state index contributed by atoms with van der Waals surface area (Å²) in [5, 5.41) is 14.6. The highest BCUT2D eigenvalue weighted by atomic mass is 32.2. The second-order valence-corrected chi connectivity index (χ2v) is 6.32. The summed E-state index contributed by atoms with van der Waals surface area (Å²) in [5.41, 5.74) is 0.807. The number of rotatable bonds is 6. The maximum Gasteiger partial charge on any atom is 0.251 e. The van der Waals surface area contributed by atoms with E-state index >= 15 is 0 Å². The molecule has 0 bridgehead atoms. The molecule has 0 heterocycles. The summed E-state index contributed by atoms with van der Waals surface area (Å²) in [6.45, 7) is 0.655. The number of halogens is 1. The fourth-order valence-electron chi connectivity index (χ4n) is 2.06. The number of carbonyl (C=O) groups is 1. The van der Waals surface area contributed by atoms with Gasteiger partial charge in [-0.15, -0.1) is 0 Å². The van der Waals surface area contributed by atoms with Crippen molar-refractivity contribution in [3.63, 3.8) is 0 Å². The normalized spacial score (nSPS) is 11.4. The van der Waals surface area contributed by atoms with E-state index in [-0.39, 0.29) is 11.5 Å². The fourth-order valence-corrected chi connectivity index (χ4v) is 2.58. The van der Waals surface area contributed by atoms with Crippen molar-refractivity contribution in [1.29, 1.82) is 5.26 Å². The Morgan fingerprint density at radius 1 is 1.21 bits per heavy atom. The third-order valence-electron chi connectivity index (χ3n) is 3.30. The monoisotopic (exact) mass is 345 g/mol. The molecule has 1 atom stereocenters. The van der Waals surface area contributed by atoms with Crippen molar-refractivity contribution in [3.05, 3.63) is 59.4 Å². The minimum Gasteiger partial charge on any atom is -0.382 e. The number of nitriles is 1. The Balaban J connectivity index is 1.86. The van der Waals surface area contributed by atoms with E-state index in [1.54, 1.807) is 42.7 Å². The van der Waals surface area contributed by atoms with Crippen LogP contribution in [0.5, 0.6) is 0 Å². The predicted octanol–water partition coefficient (Wildman–Crippen LogP) is 2.28. The third-order valence-corrected chi connectivity index (χ3v) is 4.24. The number of hydrogen-bond donors (Lipinski definition) is 2. The lowest BCUT2D eigenvalue weighted by molar-refractivity contribution is 0.0955. The van der Waals surface area contributed by atoms with E-state index in [9.17, 15) is 13.4 Å².